The lowest BCUT2D eigenvalue weighted by Crippen LogP contribution is -2.05. The topological polar surface area (TPSA) is 56.5 Å². The van der Waals surface area contributed by atoms with E-state index in [1.165, 1.54) is 0 Å². The summed E-state index contributed by atoms with van der Waals surface area (Å²) >= 11 is 3.45. The fourth-order valence-corrected chi connectivity index (χ4v) is 3.04. The monoisotopic (exact) mass is 354 g/mol. The molecule has 0 spiro atoms. The van der Waals surface area contributed by atoms with E-state index in [1.807, 2.05) is 20.2 Å². The van der Waals surface area contributed by atoms with Crippen LogP contribution in [0.3, 0.4) is 0 Å². The third-order valence-corrected chi connectivity index (χ3v) is 4.13. The lowest BCUT2D eigenvalue weighted by Gasteiger charge is -2.17. The predicted octanol–water partition coefficient (Wildman–Crippen LogP) is 2.84. The molecular formula is C15H19BrN2O3. The Morgan fingerprint density at radius 3 is 2.57 bits per heavy atom. The first-order valence-electron chi connectivity index (χ1n) is 6.64. The van der Waals surface area contributed by atoms with Gasteiger partial charge in [-0.05, 0) is 34.5 Å². The molecule has 21 heavy (non-hydrogen) atoms. The summed E-state index contributed by atoms with van der Waals surface area (Å²) in [5.74, 6) is 1.22. The van der Waals surface area contributed by atoms with Gasteiger partial charge in [-0.3, -0.25) is 4.68 Å². The number of aliphatic hydroxyl groups is 1. The number of hydrogen-bond acceptors (Lipinski definition) is 4. The molecule has 0 aliphatic carbocycles. The number of hydrogen-bond donors (Lipinski definition) is 1. The van der Waals surface area contributed by atoms with E-state index in [1.54, 1.807) is 31.0 Å². The second-order valence-electron chi connectivity index (χ2n) is 4.67. The lowest BCUT2D eigenvalue weighted by atomic mass is 10.00. The fraction of sp³-hybridized carbons (Fsp3) is 0.400. The van der Waals surface area contributed by atoms with E-state index in [-0.39, 0.29) is 0 Å². The Bertz CT molecular complexity index is 640. The average molecular weight is 355 g/mol. The summed E-state index contributed by atoms with van der Waals surface area (Å²) < 4.78 is 13.1. The van der Waals surface area contributed by atoms with Crippen LogP contribution in [0.1, 0.15) is 29.8 Å². The van der Waals surface area contributed by atoms with Crippen molar-refractivity contribution in [2.75, 3.05) is 14.2 Å². The molecule has 114 valence electrons. The van der Waals surface area contributed by atoms with Gasteiger partial charge >= 0.3 is 0 Å². The minimum absolute atomic E-state index is 0.563. The van der Waals surface area contributed by atoms with Crippen LogP contribution < -0.4 is 9.47 Å². The molecule has 1 heterocycles. The minimum Gasteiger partial charge on any atom is -0.495 e. The zero-order chi connectivity index (χ0) is 15.6. The van der Waals surface area contributed by atoms with Gasteiger partial charge in [0.25, 0.3) is 0 Å². The van der Waals surface area contributed by atoms with Crippen molar-refractivity contribution in [3.63, 3.8) is 0 Å². The van der Waals surface area contributed by atoms with Gasteiger partial charge < -0.3 is 14.6 Å². The number of benzene rings is 1. The van der Waals surface area contributed by atoms with E-state index in [9.17, 15) is 5.11 Å². The van der Waals surface area contributed by atoms with Crippen LogP contribution in [0.25, 0.3) is 0 Å². The van der Waals surface area contributed by atoms with Gasteiger partial charge in [-0.2, -0.15) is 5.10 Å². The molecule has 1 N–H and O–H groups in total. The van der Waals surface area contributed by atoms with Gasteiger partial charge in [-0.25, -0.2) is 0 Å². The van der Waals surface area contributed by atoms with Crippen LogP contribution in [-0.4, -0.2) is 29.1 Å². The Labute approximate surface area is 132 Å². The molecule has 0 bridgehead atoms. The Balaban J connectivity index is 2.52. The largest absolute Gasteiger partial charge is 0.495 e. The highest BCUT2D eigenvalue weighted by Gasteiger charge is 2.23. The molecule has 0 saturated carbocycles. The maximum Gasteiger partial charge on any atom is 0.142 e. The summed E-state index contributed by atoms with van der Waals surface area (Å²) in [5, 5.41) is 15.1. The van der Waals surface area contributed by atoms with Gasteiger partial charge in [0.05, 0.1) is 19.9 Å². The molecule has 0 radical (unpaired) electrons. The third-order valence-electron chi connectivity index (χ3n) is 3.38. The SMILES string of the molecule is CCc1nn(C)cc1C(O)c1ccc(OC)c(Br)c1OC. The molecule has 5 nitrogen and oxygen atoms in total. The molecule has 0 aliphatic heterocycles. The first-order chi connectivity index (χ1) is 10.0. The molecular weight excluding hydrogens is 336 g/mol. The number of ether oxygens (including phenoxy) is 2. The molecule has 1 atom stereocenters. The molecule has 0 fully saturated rings. The number of nitrogens with zero attached hydrogens (tertiary/aromatic N) is 2. The molecule has 2 aromatic rings. The van der Waals surface area contributed by atoms with Gasteiger partial charge in [0.2, 0.25) is 0 Å². The number of halogens is 1. The van der Waals surface area contributed by atoms with Crippen molar-refractivity contribution in [2.24, 2.45) is 7.05 Å². The van der Waals surface area contributed by atoms with E-state index in [2.05, 4.69) is 21.0 Å². The Morgan fingerprint density at radius 1 is 1.29 bits per heavy atom. The third kappa shape index (κ3) is 2.91. The van der Waals surface area contributed by atoms with Crippen molar-refractivity contribution in [1.29, 1.82) is 0 Å². The Morgan fingerprint density at radius 2 is 2.00 bits per heavy atom. The van der Waals surface area contributed by atoms with E-state index >= 15 is 0 Å². The van der Waals surface area contributed by atoms with Crippen LogP contribution in [0.15, 0.2) is 22.8 Å². The maximum absolute atomic E-state index is 10.7. The first-order valence-corrected chi connectivity index (χ1v) is 7.43. The quantitative estimate of drug-likeness (QED) is 0.896. The minimum atomic E-state index is -0.800. The van der Waals surface area contributed by atoms with Gasteiger partial charge in [0.15, 0.2) is 0 Å². The first kappa shape index (κ1) is 15.9. The molecule has 1 unspecified atom stereocenters. The average Bonchev–Trinajstić information content (AvgIpc) is 2.87. The maximum atomic E-state index is 10.7. The summed E-state index contributed by atoms with van der Waals surface area (Å²) in [4.78, 5) is 0. The van der Waals surface area contributed by atoms with Crippen molar-refractivity contribution in [1.82, 2.24) is 9.78 Å². The lowest BCUT2D eigenvalue weighted by molar-refractivity contribution is 0.213. The molecule has 2 rings (SSSR count). The van der Waals surface area contributed by atoms with E-state index in [4.69, 9.17) is 9.47 Å². The zero-order valence-corrected chi connectivity index (χ0v) is 14.1. The van der Waals surface area contributed by atoms with Crippen molar-refractivity contribution < 1.29 is 14.6 Å². The summed E-state index contributed by atoms with van der Waals surface area (Å²) in [5.41, 5.74) is 2.34. The molecule has 0 saturated heterocycles. The van der Waals surface area contributed by atoms with Crippen LogP contribution in [0.2, 0.25) is 0 Å². The second-order valence-corrected chi connectivity index (χ2v) is 5.46. The molecule has 1 aromatic carbocycles. The van der Waals surface area contributed by atoms with Gasteiger partial charge in [-0.1, -0.05) is 6.92 Å². The van der Waals surface area contributed by atoms with Crippen LogP contribution in [0.4, 0.5) is 0 Å². The predicted molar refractivity (Wildman–Crippen MR) is 83.9 cm³/mol. The van der Waals surface area contributed by atoms with Crippen molar-refractivity contribution in [3.05, 3.63) is 39.6 Å². The van der Waals surface area contributed by atoms with Gasteiger partial charge in [-0.15, -0.1) is 0 Å². The Kier molecular flexibility index (Phi) is 4.90. The Hall–Kier alpha value is -1.53. The van der Waals surface area contributed by atoms with E-state index in [0.29, 0.717) is 21.5 Å². The second kappa shape index (κ2) is 6.49. The standard InChI is InChI=1S/C15H19BrN2O3/c1-5-11-10(8-18(2)17-11)14(19)9-6-7-12(20-3)13(16)15(9)21-4/h6-8,14,19H,5H2,1-4H3. The number of methoxy groups -OCH3 is 2. The number of aliphatic hydroxyl groups excluding tert-OH is 1. The van der Waals surface area contributed by atoms with Gasteiger partial charge in [0, 0.05) is 24.4 Å². The van der Waals surface area contributed by atoms with Gasteiger partial charge in [0.1, 0.15) is 22.1 Å². The van der Waals surface area contributed by atoms with Crippen molar-refractivity contribution >= 4 is 15.9 Å². The van der Waals surface area contributed by atoms with Crippen LogP contribution in [0, 0.1) is 0 Å². The molecule has 0 aliphatic rings. The highest BCUT2D eigenvalue weighted by Crippen LogP contribution is 2.41. The van der Waals surface area contributed by atoms with Crippen LogP contribution in [0.5, 0.6) is 11.5 Å². The summed E-state index contributed by atoms with van der Waals surface area (Å²) in [6, 6.07) is 3.60. The number of rotatable bonds is 5. The normalized spacial score (nSPS) is 12.3. The van der Waals surface area contributed by atoms with Crippen molar-refractivity contribution in [2.45, 2.75) is 19.4 Å². The molecule has 0 amide bonds. The summed E-state index contributed by atoms with van der Waals surface area (Å²) in [6.45, 7) is 2.01. The molecule has 1 aromatic heterocycles. The highest BCUT2D eigenvalue weighted by atomic mass is 79.9. The zero-order valence-electron chi connectivity index (χ0n) is 12.6. The van der Waals surface area contributed by atoms with E-state index in [0.717, 1.165) is 17.7 Å². The number of aromatic nitrogens is 2. The fourth-order valence-electron chi connectivity index (χ4n) is 2.36. The smallest absolute Gasteiger partial charge is 0.142 e. The summed E-state index contributed by atoms with van der Waals surface area (Å²) in [6.07, 6.45) is 1.79. The highest BCUT2D eigenvalue weighted by molar-refractivity contribution is 9.10. The summed E-state index contributed by atoms with van der Waals surface area (Å²) in [7, 11) is 5.00. The van der Waals surface area contributed by atoms with E-state index < -0.39 is 6.10 Å². The van der Waals surface area contributed by atoms with Crippen molar-refractivity contribution in [3.8, 4) is 11.5 Å². The number of aryl methyl sites for hydroxylation is 2. The molecule has 6 heteroatoms. The van der Waals surface area contributed by atoms with Crippen LogP contribution >= 0.6 is 15.9 Å². The van der Waals surface area contributed by atoms with Crippen LogP contribution in [-0.2, 0) is 13.5 Å².